The molecule has 0 aromatic heterocycles. The van der Waals surface area contributed by atoms with Gasteiger partial charge in [0.2, 0.25) is 5.91 Å². The first-order valence-electron chi connectivity index (χ1n) is 12.3. The van der Waals surface area contributed by atoms with E-state index < -0.39 is 0 Å². The standard InChI is InChI=1S/C27H38N4O/c1-2-25-10-6-7-11-26(25)22-29-18-20-31(21-19-29)27(32)23-30-16-14-28(15-17-30)13-12-24-8-4-3-5-9-24/h3-11H,2,12-23H2,1H3. The molecule has 2 heterocycles. The summed E-state index contributed by atoms with van der Waals surface area (Å²) in [5, 5.41) is 0. The molecule has 0 bridgehead atoms. The van der Waals surface area contributed by atoms with Gasteiger partial charge in [-0.2, -0.15) is 0 Å². The van der Waals surface area contributed by atoms with Gasteiger partial charge in [-0.3, -0.25) is 14.6 Å². The smallest absolute Gasteiger partial charge is 0.236 e. The van der Waals surface area contributed by atoms with E-state index in [9.17, 15) is 4.79 Å². The van der Waals surface area contributed by atoms with Crippen molar-refractivity contribution in [2.24, 2.45) is 0 Å². The molecule has 172 valence electrons. The number of benzene rings is 2. The Morgan fingerprint density at radius 1 is 0.719 bits per heavy atom. The van der Waals surface area contributed by atoms with Gasteiger partial charge in [-0.15, -0.1) is 0 Å². The highest BCUT2D eigenvalue weighted by Gasteiger charge is 2.25. The van der Waals surface area contributed by atoms with Crippen LogP contribution in [0, 0.1) is 0 Å². The lowest BCUT2D eigenvalue weighted by molar-refractivity contribution is -0.134. The molecule has 0 saturated carbocycles. The molecule has 2 aliphatic rings. The van der Waals surface area contributed by atoms with Gasteiger partial charge in [0.05, 0.1) is 6.54 Å². The Morgan fingerprint density at radius 3 is 2.00 bits per heavy atom. The lowest BCUT2D eigenvalue weighted by Crippen LogP contribution is -2.53. The molecule has 2 aliphatic heterocycles. The van der Waals surface area contributed by atoms with Gasteiger partial charge in [0.1, 0.15) is 0 Å². The van der Waals surface area contributed by atoms with Crippen LogP contribution in [0.5, 0.6) is 0 Å². The molecule has 1 amide bonds. The van der Waals surface area contributed by atoms with Gasteiger partial charge >= 0.3 is 0 Å². The molecule has 0 atom stereocenters. The van der Waals surface area contributed by atoms with Crippen LogP contribution in [0.1, 0.15) is 23.6 Å². The number of carbonyl (C=O) groups excluding carboxylic acids is 1. The first kappa shape index (κ1) is 23.0. The second kappa shape index (κ2) is 11.6. The Kier molecular flexibility index (Phi) is 8.32. The molecule has 32 heavy (non-hydrogen) atoms. The minimum absolute atomic E-state index is 0.302. The Morgan fingerprint density at radius 2 is 1.31 bits per heavy atom. The van der Waals surface area contributed by atoms with Crippen molar-refractivity contribution >= 4 is 5.91 Å². The number of hydrogen-bond acceptors (Lipinski definition) is 4. The monoisotopic (exact) mass is 434 g/mol. The fourth-order valence-electron chi connectivity index (χ4n) is 4.85. The van der Waals surface area contributed by atoms with E-state index >= 15 is 0 Å². The maximum atomic E-state index is 12.9. The summed E-state index contributed by atoms with van der Waals surface area (Å²) in [4.78, 5) is 22.3. The van der Waals surface area contributed by atoms with E-state index in [2.05, 4.69) is 81.1 Å². The van der Waals surface area contributed by atoms with Gasteiger partial charge in [-0.1, -0.05) is 61.5 Å². The molecule has 0 radical (unpaired) electrons. The lowest BCUT2D eigenvalue weighted by Gasteiger charge is -2.38. The van der Waals surface area contributed by atoms with E-state index in [1.54, 1.807) is 0 Å². The average molecular weight is 435 g/mol. The Bertz CT molecular complexity index is 840. The van der Waals surface area contributed by atoms with Crippen molar-refractivity contribution in [2.45, 2.75) is 26.3 Å². The van der Waals surface area contributed by atoms with Gasteiger partial charge in [0.15, 0.2) is 0 Å². The third-order valence-corrected chi connectivity index (χ3v) is 7.00. The minimum atomic E-state index is 0.302. The number of nitrogens with zero attached hydrogens (tertiary/aromatic N) is 4. The summed E-state index contributed by atoms with van der Waals surface area (Å²) in [6.07, 6.45) is 2.18. The highest BCUT2D eigenvalue weighted by atomic mass is 16.2. The molecule has 2 aromatic rings. The molecule has 2 aromatic carbocycles. The van der Waals surface area contributed by atoms with E-state index in [0.29, 0.717) is 12.5 Å². The maximum Gasteiger partial charge on any atom is 0.236 e. The van der Waals surface area contributed by atoms with Crippen LogP contribution in [0.25, 0.3) is 0 Å². The fourth-order valence-corrected chi connectivity index (χ4v) is 4.85. The zero-order chi connectivity index (χ0) is 22.2. The van der Waals surface area contributed by atoms with Gasteiger partial charge < -0.3 is 9.80 Å². The zero-order valence-corrected chi connectivity index (χ0v) is 19.6. The number of carbonyl (C=O) groups is 1. The van der Waals surface area contributed by atoms with Crippen LogP contribution in [0.2, 0.25) is 0 Å². The summed E-state index contributed by atoms with van der Waals surface area (Å²) >= 11 is 0. The highest BCUT2D eigenvalue weighted by molar-refractivity contribution is 5.78. The van der Waals surface area contributed by atoms with E-state index in [0.717, 1.165) is 78.3 Å². The molecule has 5 heteroatoms. The number of aryl methyl sites for hydroxylation is 1. The van der Waals surface area contributed by atoms with Gasteiger partial charge in [0, 0.05) is 65.4 Å². The first-order valence-corrected chi connectivity index (χ1v) is 12.3. The van der Waals surface area contributed by atoms with Crippen molar-refractivity contribution < 1.29 is 4.79 Å². The van der Waals surface area contributed by atoms with Crippen LogP contribution in [0.15, 0.2) is 54.6 Å². The molecule has 5 nitrogen and oxygen atoms in total. The van der Waals surface area contributed by atoms with Crippen molar-refractivity contribution in [2.75, 3.05) is 65.4 Å². The van der Waals surface area contributed by atoms with E-state index in [-0.39, 0.29) is 0 Å². The second-order valence-corrected chi connectivity index (χ2v) is 9.13. The third-order valence-electron chi connectivity index (χ3n) is 7.00. The summed E-state index contributed by atoms with van der Waals surface area (Å²) in [5.41, 5.74) is 4.27. The molecular formula is C27H38N4O. The first-order chi connectivity index (χ1) is 15.7. The van der Waals surface area contributed by atoms with Crippen molar-refractivity contribution in [1.29, 1.82) is 0 Å². The largest absolute Gasteiger partial charge is 0.339 e. The Balaban J connectivity index is 1.15. The number of amides is 1. The SMILES string of the molecule is CCc1ccccc1CN1CCN(C(=O)CN2CCN(CCc3ccccc3)CC2)CC1. The zero-order valence-electron chi connectivity index (χ0n) is 19.6. The highest BCUT2D eigenvalue weighted by Crippen LogP contribution is 2.14. The molecule has 4 rings (SSSR count). The van der Waals surface area contributed by atoms with Crippen LogP contribution in [0.3, 0.4) is 0 Å². The topological polar surface area (TPSA) is 30.0 Å². The molecule has 2 fully saturated rings. The van der Waals surface area contributed by atoms with Crippen LogP contribution in [-0.2, 0) is 24.2 Å². The summed E-state index contributed by atoms with van der Waals surface area (Å²) in [6.45, 7) is 12.6. The van der Waals surface area contributed by atoms with Crippen LogP contribution in [-0.4, -0.2) is 91.0 Å². The second-order valence-electron chi connectivity index (χ2n) is 9.13. The van der Waals surface area contributed by atoms with E-state index in [1.807, 2.05) is 0 Å². The molecule has 0 aliphatic carbocycles. The van der Waals surface area contributed by atoms with Crippen molar-refractivity contribution in [3.8, 4) is 0 Å². The number of rotatable bonds is 8. The normalized spacial score (nSPS) is 18.7. The van der Waals surface area contributed by atoms with Crippen molar-refractivity contribution in [1.82, 2.24) is 19.6 Å². The average Bonchev–Trinajstić information content (AvgIpc) is 2.85. The maximum absolute atomic E-state index is 12.9. The summed E-state index contributed by atoms with van der Waals surface area (Å²) in [5.74, 6) is 0.302. The van der Waals surface area contributed by atoms with Crippen LogP contribution >= 0.6 is 0 Å². The molecule has 0 unspecified atom stereocenters. The van der Waals surface area contributed by atoms with Gasteiger partial charge in [0.25, 0.3) is 0 Å². The number of piperazine rings is 2. The summed E-state index contributed by atoms with van der Waals surface area (Å²) in [6, 6.07) is 19.5. The Labute approximate surface area is 193 Å². The van der Waals surface area contributed by atoms with E-state index in [4.69, 9.17) is 0 Å². The molecule has 0 spiro atoms. The van der Waals surface area contributed by atoms with Gasteiger partial charge in [-0.25, -0.2) is 0 Å². The minimum Gasteiger partial charge on any atom is -0.339 e. The Hall–Kier alpha value is -2.21. The van der Waals surface area contributed by atoms with Gasteiger partial charge in [-0.05, 0) is 29.5 Å². The third kappa shape index (κ3) is 6.41. The lowest BCUT2D eigenvalue weighted by atomic mass is 10.0. The van der Waals surface area contributed by atoms with E-state index in [1.165, 1.54) is 16.7 Å². The predicted molar refractivity (Wildman–Crippen MR) is 131 cm³/mol. The fraction of sp³-hybridized carbons (Fsp3) is 0.519. The van der Waals surface area contributed by atoms with Crippen LogP contribution in [0.4, 0.5) is 0 Å². The quantitative estimate of drug-likeness (QED) is 0.639. The predicted octanol–water partition coefficient (Wildman–Crippen LogP) is 2.75. The summed E-state index contributed by atoms with van der Waals surface area (Å²) < 4.78 is 0. The molecule has 2 saturated heterocycles. The van der Waals surface area contributed by atoms with Crippen molar-refractivity contribution in [3.63, 3.8) is 0 Å². The molecular weight excluding hydrogens is 396 g/mol. The molecule has 0 N–H and O–H groups in total. The van der Waals surface area contributed by atoms with Crippen LogP contribution < -0.4 is 0 Å². The number of hydrogen-bond donors (Lipinski definition) is 0. The van der Waals surface area contributed by atoms with Crippen molar-refractivity contribution in [3.05, 3.63) is 71.3 Å². The summed E-state index contributed by atoms with van der Waals surface area (Å²) in [7, 11) is 0.